The number of hydrogen-bond acceptors (Lipinski definition) is 2. The van der Waals surface area contributed by atoms with E-state index in [-0.39, 0.29) is 30.5 Å². The average molecular weight is 501 g/mol. The van der Waals surface area contributed by atoms with Gasteiger partial charge in [-0.05, 0) is 23.1 Å². The second kappa shape index (κ2) is 11.6. The van der Waals surface area contributed by atoms with Crippen LogP contribution in [0.5, 0.6) is 0 Å². The quantitative estimate of drug-likeness (QED) is 0.249. The maximum atomic E-state index is 11.4. The van der Waals surface area contributed by atoms with Crippen LogP contribution < -0.4 is 11.1 Å². The van der Waals surface area contributed by atoms with E-state index in [9.17, 15) is 5.11 Å². The Morgan fingerprint density at radius 2 is 1.34 bits per heavy atom. The van der Waals surface area contributed by atoms with Gasteiger partial charge >= 0.3 is 0 Å². The molecule has 29 heavy (non-hydrogen) atoms. The van der Waals surface area contributed by atoms with Crippen molar-refractivity contribution < 1.29 is 5.11 Å². The first-order valence-electron chi connectivity index (χ1n) is 9.55. The largest absolute Gasteiger partial charge is 0.383 e. The summed E-state index contributed by atoms with van der Waals surface area (Å²) in [5, 5.41) is 14.5. The van der Waals surface area contributed by atoms with E-state index >= 15 is 0 Å². The van der Waals surface area contributed by atoms with Gasteiger partial charge in [-0.3, -0.25) is 4.99 Å². The van der Waals surface area contributed by atoms with Crippen LogP contribution in [0.2, 0.25) is 0 Å². The SMILES string of the molecule is I.NC(=NCC(O)(Cc1ccccc1)c1ccccc1)NCCc1ccccc1. The smallest absolute Gasteiger partial charge is 0.188 e. The minimum atomic E-state index is -1.12. The van der Waals surface area contributed by atoms with E-state index in [1.54, 1.807) is 0 Å². The summed E-state index contributed by atoms with van der Waals surface area (Å²) in [5.41, 5.74) is 8.06. The fourth-order valence-electron chi connectivity index (χ4n) is 3.18. The molecule has 3 aromatic carbocycles. The number of nitrogens with zero attached hydrogens (tertiary/aromatic N) is 1. The van der Waals surface area contributed by atoms with Crippen molar-refractivity contribution in [3.05, 3.63) is 108 Å². The minimum Gasteiger partial charge on any atom is -0.383 e. The molecule has 0 aliphatic heterocycles. The lowest BCUT2D eigenvalue weighted by Crippen LogP contribution is -2.37. The molecule has 1 unspecified atom stereocenters. The Morgan fingerprint density at radius 1 is 0.828 bits per heavy atom. The van der Waals surface area contributed by atoms with Gasteiger partial charge in [0.15, 0.2) is 5.96 Å². The fourth-order valence-corrected chi connectivity index (χ4v) is 3.18. The van der Waals surface area contributed by atoms with Gasteiger partial charge in [-0.25, -0.2) is 0 Å². The van der Waals surface area contributed by atoms with Crippen LogP contribution in [0.1, 0.15) is 16.7 Å². The lowest BCUT2D eigenvalue weighted by Gasteiger charge is -2.27. The predicted molar refractivity (Wildman–Crippen MR) is 131 cm³/mol. The van der Waals surface area contributed by atoms with E-state index < -0.39 is 5.60 Å². The standard InChI is InChI=1S/C24H27N3O.HI/c25-23(26-17-16-20-10-4-1-5-11-20)27-19-24(28,22-14-8-3-9-15-22)18-21-12-6-2-7-13-21;/h1-15,28H,16-19H2,(H3,25,26,27);1H. The van der Waals surface area contributed by atoms with E-state index in [1.807, 2.05) is 78.9 Å². The Kier molecular flexibility index (Phi) is 9.15. The van der Waals surface area contributed by atoms with E-state index in [0.29, 0.717) is 18.9 Å². The molecule has 0 amide bonds. The lowest BCUT2D eigenvalue weighted by molar-refractivity contribution is 0.0467. The van der Waals surface area contributed by atoms with E-state index in [1.165, 1.54) is 5.56 Å². The van der Waals surface area contributed by atoms with Crippen LogP contribution in [0.15, 0.2) is 96.0 Å². The second-order valence-corrected chi connectivity index (χ2v) is 6.92. The van der Waals surface area contributed by atoms with Crippen LogP contribution in [0.25, 0.3) is 0 Å². The van der Waals surface area contributed by atoms with Crippen molar-refractivity contribution in [3.8, 4) is 0 Å². The first-order valence-corrected chi connectivity index (χ1v) is 9.55. The van der Waals surface area contributed by atoms with Gasteiger partial charge in [0, 0.05) is 13.0 Å². The number of nitrogens with one attached hydrogen (secondary N) is 1. The van der Waals surface area contributed by atoms with Gasteiger partial charge in [0.25, 0.3) is 0 Å². The second-order valence-electron chi connectivity index (χ2n) is 6.92. The van der Waals surface area contributed by atoms with Gasteiger partial charge in [0.05, 0.1) is 6.54 Å². The Morgan fingerprint density at radius 3 is 1.93 bits per heavy atom. The van der Waals surface area contributed by atoms with Crippen LogP contribution in [0.3, 0.4) is 0 Å². The minimum absolute atomic E-state index is 0. The molecule has 0 bridgehead atoms. The topological polar surface area (TPSA) is 70.6 Å². The molecule has 3 rings (SSSR count). The molecule has 4 N–H and O–H groups in total. The maximum absolute atomic E-state index is 11.4. The van der Waals surface area contributed by atoms with Crippen molar-refractivity contribution in [2.45, 2.75) is 18.4 Å². The highest BCUT2D eigenvalue weighted by Gasteiger charge is 2.29. The number of rotatable bonds is 8. The molecule has 4 nitrogen and oxygen atoms in total. The first kappa shape index (κ1) is 22.9. The molecule has 1 atom stereocenters. The zero-order chi connectivity index (χ0) is 19.7. The molecule has 152 valence electrons. The number of benzene rings is 3. The molecule has 0 aliphatic rings. The fraction of sp³-hybridized carbons (Fsp3) is 0.208. The highest BCUT2D eigenvalue weighted by Crippen LogP contribution is 2.26. The Bertz CT molecular complexity index is 872. The number of aliphatic hydroxyl groups is 1. The molecule has 5 heteroatoms. The van der Waals surface area contributed by atoms with Crippen LogP contribution in [0, 0.1) is 0 Å². The van der Waals surface area contributed by atoms with E-state index in [0.717, 1.165) is 17.5 Å². The zero-order valence-corrected chi connectivity index (χ0v) is 18.7. The highest BCUT2D eigenvalue weighted by molar-refractivity contribution is 14.0. The van der Waals surface area contributed by atoms with Gasteiger partial charge in [0.1, 0.15) is 5.60 Å². The molecular weight excluding hydrogens is 473 g/mol. The van der Waals surface area contributed by atoms with Crippen LogP contribution >= 0.6 is 24.0 Å². The summed E-state index contributed by atoms with van der Waals surface area (Å²) >= 11 is 0. The molecule has 0 heterocycles. The Balaban J connectivity index is 0.00000300. The summed E-state index contributed by atoms with van der Waals surface area (Å²) in [4.78, 5) is 4.43. The average Bonchev–Trinajstić information content (AvgIpc) is 2.74. The van der Waals surface area contributed by atoms with Crippen molar-refractivity contribution in [2.75, 3.05) is 13.1 Å². The third-order valence-electron chi connectivity index (χ3n) is 4.72. The van der Waals surface area contributed by atoms with Crippen molar-refractivity contribution in [1.29, 1.82) is 0 Å². The summed E-state index contributed by atoms with van der Waals surface area (Å²) < 4.78 is 0. The molecule has 0 fully saturated rings. The lowest BCUT2D eigenvalue weighted by atomic mass is 9.87. The first-order chi connectivity index (χ1) is 13.7. The van der Waals surface area contributed by atoms with Crippen molar-refractivity contribution >= 4 is 29.9 Å². The number of nitrogens with two attached hydrogens (primary N) is 1. The third-order valence-corrected chi connectivity index (χ3v) is 4.72. The van der Waals surface area contributed by atoms with Crippen molar-refractivity contribution in [1.82, 2.24) is 5.32 Å². The zero-order valence-electron chi connectivity index (χ0n) is 16.4. The number of guanidine groups is 1. The predicted octanol–water partition coefficient (Wildman–Crippen LogP) is 3.88. The van der Waals surface area contributed by atoms with E-state index in [2.05, 4.69) is 22.4 Å². The number of halogens is 1. The molecule has 0 spiro atoms. The van der Waals surface area contributed by atoms with E-state index in [4.69, 9.17) is 5.73 Å². The van der Waals surface area contributed by atoms with Crippen molar-refractivity contribution in [2.24, 2.45) is 10.7 Å². The van der Waals surface area contributed by atoms with Gasteiger partial charge in [0.2, 0.25) is 0 Å². The van der Waals surface area contributed by atoms with Crippen LogP contribution in [0.4, 0.5) is 0 Å². The molecular formula is C24H28IN3O. The molecule has 0 saturated heterocycles. The molecule has 3 aromatic rings. The normalized spacial score (nSPS) is 13.2. The number of aliphatic imine (C=N–C) groups is 1. The Hall–Kier alpha value is -2.38. The molecule has 0 saturated carbocycles. The van der Waals surface area contributed by atoms with Crippen LogP contribution in [-0.2, 0) is 18.4 Å². The number of hydrogen-bond donors (Lipinski definition) is 3. The van der Waals surface area contributed by atoms with Gasteiger partial charge in [-0.15, -0.1) is 24.0 Å². The summed E-state index contributed by atoms with van der Waals surface area (Å²) in [6.07, 6.45) is 1.34. The molecule has 0 aliphatic carbocycles. The van der Waals surface area contributed by atoms with Gasteiger partial charge in [-0.1, -0.05) is 91.0 Å². The summed E-state index contributed by atoms with van der Waals surface area (Å²) in [6, 6.07) is 29.8. The monoisotopic (exact) mass is 501 g/mol. The van der Waals surface area contributed by atoms with Crippen molar-refractivity contribution in [3.63, 3.8) is 0 Å². The molecule has 0 aromatic heterocycles. The summed E-state index contributed by atoms with van der Waals surface area (Å²) in [5.74, 6) is 0.346. The summed E-state index contributed by atoms with van der Waals surface area (Å²) in [7, 11) is 0. The third kappa shape index (κ3) is 7.18. The van der Waals surface area contributed by atoms with Gasteiger partial charge in [-0.2, -0.15) is 0 Å². The maximum Gasteiger partial charge on any atom is 0.188 e. The highest BCUT2D eigenvalue weighted by atomic mass is 127. The van der Waals surface area contributed by atoms with Crippen LogP contribution in [-0.4, -0.2) is 24.2 Å². The summed E-state index contributed by atoms with van der Waals surface area (Å²) in [6.45, 7) is 0.887. The Labute approximate surface area is 189 Å². The molecule has 0 radical (unpaired) electrons. The van der Waals surface area contributed by atoms with Gasteiger partial charge < -0.3 is 16.2 Å².